The number of benzene rings is 4. The monoisotopic (exact) mass is 1020 g/mol. The molecule has 12 nitrogen and oxygen atoms in total. The van der Waals surface area contributed by atoms with E-state index in [1.54, 1.807) is 30.3 Å². The number of ether oxygens (including phenoxy) is 3. The second-order valence-corrected chi connectivity index (χ2v) is 14.3. The SMILES string of the molecule is C.COc1cccc(OCC(F)(F)C(F)F)c1.Cl.Fc1ccc2c(CCCCc3cccc(OCC(F)(F)C(F)F)c3)c[nH]c2c1.NCCc1c[nH]c2cc(F)ccc12.O=C(O)[C@@H](O)[C@H](O)C(=O)O. The fourth-order valence-corrected chi connectivity index (χ4v) is 5.77. The van der Waals surface area contributed by atoms with Gasteiger partial charge >= 0.3 is 36.6 Å². The summed E-state index contributed by atoms with van der Waals surface area (Å²) in [5.41, 5.74) is 10.2. The summed E-state index contributed by atoms with van der Waals surface area (Å²) in [6.45, 7) is -2.10. The van der Waals surface area contributed by atoms with Gasteiger partial charge in [-0.1, -0.05) is 25.6 Å². The molecule has 2 atom stereocenters. The van der Waals surface area contributed by atoms with Gasteiger partial charge in [0.1, 0.15) is 28.9 Å². The molecule has 0 aliphatic rings. The smallest absolute Gasteiger partial charge is 0.340 e. The molecule has 382 valence electrons. The number of aromatic amines is 2. The van der Waals surface area contributed by atoms with Gasteiger partial charge in [0.05, 0.1) is 7.11 Å². The highest BCUT2D eigenvalue weighted by atomic mass is 35.5. The van der Waals surface area contributed by atoms with Crippen LogP contribution in [0.2, 0.25) is 0 Å². The van der Waals surface area contributed by atoms with E-state index in [1.807, 2.05) is 18.5 Å². The van der Waals surface area contributed by atoms with E-state index in [4.69, 9.17) is 35.6 Å². The number of rotatable bonds is 19. The van der Waals surface area contributed by atoms with Crippen LogP contribution in [0.3, 0.4) is 0 Å². The molecule has 69 heavy (non-hydrogen) atoms. The topological polar surface area (TPSA) is 200 Å². The number of aliphatic hydroxyl groups excluding tert-OH is 2. The highest BCUT2D eigenvalue weighted by Crippen LogP contribution is 2.28. The first kappa shape index (κ1) is 60.8. The third-order valence-electron chi connectivity index (χ3n) is 9.28. The van der Waals surface area contributed by atoms with Gasteiger partial charge in [-0.15, -0.1) is 12.4 Å². The summed E-state index contributed by atoms with van der Waals surface area (Å²) < 4.78 is 139. The summed E-state index contributed by atoms with van der Waals surface area (Å²) in [5.74, 6) is -11.7. The maximum absolute atomic E-state index is 13.2. The first-order valence-corrected chi connectivity index (χ1v) is 19.9. The van der Waals surface area contributed by atoms with Crippen LogP contribution in [-0.4, -0.2) is 106 Å². The molecule has 2 aromatic heterocycles. The molecule has 6 rings (SSSR count). The number of fused-ring (bicyclic) bond motifs is 2. The van der Waals surface area contributed by atoms with Crippen LogP contribution < -0.4 is 19.9 Å². The molecule has 0 aliphatic carbocycles. The maximum atomic E-state index is 13.2. The van der Waals surface area contributed by atoms with Gasteiger partial charge in [-0.25, -0.2) is 35.9 Å². The molecule has 0 saturated heterocycles. The number of nitrogens with one attached hydrogen (secondary N) is 2. The summed E-state index contributed by atoms with van der Waals surface area (Å²) in [7, 11) is 1.40. The Balaban J connectivity index is 0.000000495. The van der Waals surface area contributed by atoms with E-state index in [1.165, 1.54) is 55.6 Å². The number of halogens is 11. The number of alkyl halides is 8. The van der Waals surface area contributed by atoms with Crippen molar-refractivity contribution in [3.8, 4) is 17.2 Å². The minimum Gasteiger partial charge on any atom is -0.497 e. The third-order valence-corrected chi connectivity index (χ3v) is 9.28. The number of nitrogens with two attached hydrogens (primary N) is 1. The Morgan fingerprint density at radius 1 is 0.638 bits per heavy atom. The van der Waals surface area contributed by atoms with Crippen LogP contribution in [0.1, 0.15) is 37.0 Å². The molecule has 0 radical (unpaired) electrons. The standard InChI is InChI=1S/C21H20F5NO.C10H10F4O2.C10H11FN2.C4H6O6.CH4.ClH/c22-16-8-9-18-15(12-27-19(18)11-16)6-2-1-4-14-5-3-7-17(10-14)28-13-21(25,26)20(23)24;1-15-7-3-2-4-8(5-7)16-6-10(13,14)9(11)12;11-8-1-2-9-7(3-4-12)6-13-10(9)5-8;5-1(3(7)8)2(6)4(9)10;;/h3,5,7-12,20,27H,1-2,4,6,13H2;2-5,9H,6H2,1H3;1-2,5-6,13H,3-4,12H2;1-2,5-6H,(H,7,8)(H,9,10);1H4;1H/t;;;1-,2-;;/m...0../s1. The van der Waals surface area contributed by atoms with Gasteiger partial charge in [0.25, 0.3) is 0 Å². The quantitative estimate of drug-likeness (QED) is 0.0303. The number of carboxylic acids is 2. The van der Waals surface area contributed by atoms with Crippen molar-refractivity contribution in [2.75, 3.05) is 26.9 Å². The number of aryl methyl sites for hydroxylation is 2. The average Bonchev–Trinajstić information content (AvgIpc) is 3.89. The predicted octanol–water partition coefficient (Wildman–Crippen LogP) is 9.87. The van der Waals surface area contributed by atoms with E-state index in [-0.39, 0.29) is 43.0 Å². The summed E-state index contributed by atoms with van der Waals surface area (Å²) in [6.07, 6.45) is -4.17. The fraction of sp³-hybridized carbons (Fsp3) is 0.348. The highest BCUT2D eigenvalue weighted by Gasteiger charge is 2.42. The van der Waals surface area contributed by atoms with E-state index in [0.29, 0.717) is 18.7 Å². The number of aromatic nitrogens is 2. The molecular formula is C46H52ClF10N3O9. The summed E-state index contributed by atoms with van der Waals surface area (Å²) in [5, 5.41) is 34.6. The number of H-pyrrole nitrogens is 2. The lowest BCUT2D eigenvalue weighted by molar-refractivity contribution is -0.165. The van der Waals surface area contributed by atoms with E-state index < -0.39 is 62.1 Å². The van der Waals surface area contributed by atoms with Gasteiger partial charge in [0.15, 0.2) is 25.4 Å². The lowest BCUT2D eigenvalue weighted by Gasteiger charge is -2.16. The molecule has 0 saturated carbocycles. The van der Waals surface area contributed by atoms with E-state index in [0.717, 1.165) is 64.2 Å². The van der Waals surface area contributed by atoms with Gasteiger partial charge in [-0.05, 0) is 116 Å². The van der Waals surface area contributed by atoms with Crippen molar-refractivity contribution in [1.82, 2.24) is 9.97 Å². The molecule has 0 unspecified atom stereocenters. The van der Waals surface area contributed by atoms with Gasteiger partial charge in [-0.2, -0.15) is 17.6 Å². The summed E-state index contributed by atoms with van der Waals surface area (Å²) in [6, 6.07) is 21.8. The maximum Gasteiger partial charge on any atom is 0.340 e. The Hall–Kier alpha value is -6.23. The molecule has 0 bridgehead atoms. The molecule has 23 heteroatoms. The van der Waals surface area contributed by atoms with Crippen molar-refractivity contribution in [1.29, 1.82) is 0 Å². The second kappa shape index (κ2) is 28.9. The summed E-state index contributed by atoms with van der Waals surface area (Å²) in [4.78, 5) is 25.6. The van der Waals surface area contributed by atoms with E-state index in [9.17, 15) is 53.5 Å². The molecule has 2 heterocycles. The van der Waals surface area contributed by atoms with Crippen molar-refractivity contribution in [2.24, 2.45) is 5.73 Å². The average molecular weight is 1020 g/mol. The molecule has 0 fully saturated rings. The van der Waals surface area contributed by atoms with Crippen LogP contribution in [0, 0.1) is 11.6 Å². The van der Waals surface area contributed by atoms with Crippen molar-refractivity contribution < 1.29 is 88.1 Å². The molecule has 4 aromatic carbocycles. The zero-order valence-corrected chi connectivity index (χ0v) is 36.6. The van der Waals surface area contributed by atoms with Crippen molar-refractivity contribution in [3.05, 3.63) is 126 Å². The van der Waals surface area contributed by atoms with Gasteiger partial charge in [0, 0.05) is 40.3 Å². The molecule has 6 aromatic rings. The van der Waals surface area contributed by atoms with Crippen LogP contribution in [0.25, 0.3) is 21.8 Å². The van der Waals surface area contributed by atoms with Crippen molar-refractivity contribution >= 4 is 46.2 Å². The largest absolute Gasteiger partial charge is 0.497 e. The zero-order chi connectivity index (χ0) is 49.9. The Kier molecular flexibility index (Phi) is 25.5. The molecule has 0 aliphatic heterocycles. The Morgan fingerprint density at radius 2 is 1.06 bits per heavy atom. The Bertz CT molecular complexity index is 2460. The fourth-order valence-electron chi connectivity index (χ4n) is 5.77. The summed E-state index contributed by atoms with van der Waals surface area (Å²) >= 11 is 0. The van der Waals surface area contributed by atoms with E-state index >= 15 is 0 Å². The molecule has 0 amide bonds. The number of carbonyl (C=O) groups is 2. The molecule has 0 spiro atoms. The zero-order valence-electron chi connectivity index (χ0n) is 35.8. The third kappa shape index (κ3) is 19.7. The van der Waals surface area contributed by atoms with Crippen LogP contribution in [-0.2, 0) is 28.9 Å². The number of methoxy groups -OCH3 is 1. The number of aliphatic hydroxyl groups is 2. The minimum absolute atomic E-state index is 0. The predicted molar refractivity (Wildman–Crippen MR) is 240 cm³/mol. The number of unbranched alkanes of at least 4 members (excludes halogenated alkanes) is 1. The van der Waals surface area contributed by atoms with Gasteiger partial charge in [0.2, 0.25) is 0 Å². The highest BCUT2D eigenvalue weighted by molar-refractivity contribution is 5.85. The first-order chi connectivity index (χ1) is 31.6. The van der Waals surface area contributed by atoms with Crippen molar-refractivity contribution in [2.45, 2.75) is 76.4 Å². The lowest BCUT2D eigenvalue weighted by atomic mass is 10.0. The Labute approximate surface area is 395 Å². The number of hydrogen-bond donors (Lipinski definition) is 7. The van der Waals surface area contributed by atoms with Gasteiger partial charge < -0.3 is 50.3 Å². The van der Waals surface area contributed by atoms with Crippen molar-refractivity contribution in [3.63, 3.8) is 0 Å². The molecule has 8 N–H and O–H groups in total. The Morgan fingerprint density at radius 3 is 1.49 bits per heavy atom. The second-order valence-electron chi connectivity index (χ2n) is 14.3. The van der Waals surface area contributed by atoms with Crippen LogP contribution in [0.15, 0.2) is 97.3 Å². The van der Waals surface area contributed by atoms with Gasteiger partial charge in [-0.3, -0.25) is 0 Å². The normalized spacial score (nSPS) is 11.9. The number of carboxylic acid groups (broad SMARTS) is 2. The number of aliphatic carboxylic acids is 2. The van der Waals surface area contributed by atoms with Crippen LogP contribution in [0.4, 0.5) is 43.9 Å². The van der Waals surface area contributed by atoms with E-state index in [2.05, 4.69) is 14.7 Å². The van der Waals surface area contributed by atoms with Crippen LogP contribution >= 0.6 is 12.4 Å². The van der Waals surface area contributed by atoms with Crippen LogP contribution in [0.5, 0.6) is 17.2 Å². The number of hydrogen-bond acceptors (Lipinski definition) is 8. The lowest BCUT2D eigenvalue weighted by Crippen LogP contribution is -2.39. The minimum atomic E-state index is -4.17. The molecular weight excluding hydrogens is 964 g/mol. The first-order valence-electron chi connectivity index (χ1n) is 19.9.